The molecule has 1 aromatic heterocycles. The van der Waals surface area contributed by atoms with E-state index in [1.54, 1.807) is 36.1 Å². The van der Waals surface area contributed by atoms with Crippen LogP contribution in [-0.2, 0) is 4.79 Å². The summed E-state index contributed by atoms with van der Waals surface area (Å²) in [5, 5.41) is 17.1. The Morgan fingerprint density at radius 3 is 2.96 bits per heavy atom. The molecule has 0 radical (unpaired) electrons. The molecule has 2 aromatic rings. The predicted molar refractivity (Wildman–Crippen MR) is 88.8 cm³/mol. The first kappa shape index (κ1) is 17.0. The molecule has 0 aliphatic carbocycles. The average Bonchev–Trinajstić information content (AvgIpc) is 3.06. The second kappa shape index (κ2) is 7.34. The lowest BCUT2D eigenvalue weighted by atomic mass is 9.90. The quantitative estimate of drug-likeness (QED) is 0.849. The molecule has 0 saturated carbocycles. The van der Waals surface area contributed by atoms with E-state index in [1.807, 2.05) is 6.92 Å². The number of aryl methyl sites for hydroxylation is 1. The second-order valence-corrected chi connectivity index (χ2v) is 6.13. The third kappa shape index (κ3) is 3.63. The lowest BCUT2D eigenvalue weighted by Crippen LogP contribution is -2.47. The number of likely N-dealkylation sites (tertiary alicyclic amines) is 1. The topological polar surface area (TPSA) is 92.3 Å². The third-order valence-electron chi connectivity index (χ3n) is 4.53. The van der Waals surface area contributed by atoms with Crippen molar-refractivity contribution in [3.05, 3.63) is 41.6 Å². The van der Waals surface area contributed by atoms with E-state index in [0.29, 0.717) is 29.6 Å². The molecule has 2 heterocycles. The Bertz CT molecular complexity index is 796. The number of piperidine rings is 1. The Morgan fingerprint density at radius 1 is 1.44 bits per heavy atom. The molecule has 1 saturated heterocycles. The van der Waals surface area contributed by atoms with Crippen LogP contribution < -0.4 is 4.74 Å². The van der Waals surface area contributed by atoms with E-state index in [4.69, 9.17) is 14.4 Å². The second-order valence-electron chi connectivity index (χ2n) is 6.13. The standard InChI is InChI=1S/C18H20N4O3/c1-12-15(18-21-20-13(2)25-18)7-5-9-22(12)17(23)11-24-16-8-4-3-6-14(16)10-19/h3-4,6,8,12,15H,5,7,9,11H2,1-2H3/t12-,15-/m0/s1. The van der Waals surface area contributed by atoms with Gasteiger partial charge in [0.2, 0.25) is 11.8 Å². The number of carbonyl (C=O) groups is 1. The highest BCUT2D eigenvalue weighted by atomic mass is 16.5. The molecule has 1 aromatic carbocycles. The van der Waals surface area contributed by atoms with Crippen molar-refractivity contribution < 1.29 is 13.9 Å². The van der Waals surface area contributed by atoms with Crippen LogP contribution in [0.2, 0.25) is 0 Å². The van der Waals surface area contributed by atoms with Gasteiger partial charge in [-0.05, 0) is 31.9 Å². The molecule has 1 amide bonds. The maximum absolute atomic E-state index is 12.6. The smallest absolute Gasteiger partial charge is 0.260 e. The van der Waals surface area contributed by atoms with Crippen molar-refractivity contribution in [3.63, 3.8) is 0 Å². The molecule has 130 valence electrons. The van der Waals surface area contributed by atoms with E-state index < -0.39 is 0 Å². The van der Waals surface area contributed by atoms with Crippen LogP contribution in [0.25, 0.3) is 0 Å². The van der Waals surface area contributed by atoms with Gasteiger partial charge in [0.25, 0.3) is 5.91 Å². The first-order chi connectivity index (χ1) is 12.1. The van der Waals surface area contributed by atoms with Crippen molar-refractivity contribution in [1.82, 2.24) is 15.1 Å². The maximum Gasteiger partial charge on any atom is 0.260 e. The Morgan fingerprint density at radius 2 is 2.24 bits per heavy atom. The van der Waals surface area contributed by atoms with Gasteiger partial charge in [-0.25, -0.2) is 0 Å². The number of carbonyl (C=O) groups excluding carboxylic acids is 1. The molecule has 1 fully saturated rings. The summed E-state index contributed by atoms with van der Waals surface area (Å²) in [6.07, 6.45) is 1.78. The number of rotatable bonds is 4. The first-order valence-corrected chi connectivity index (χ1v) is 8.31. The summed E-state index contributed by atoms with van der Waals surface area (Å²) in [6, 6.07) is 8.91. The molecule has 2 atom stereocenters. The lowest BCUT2D eigenvalue weighted by molar-refractivity contribution is -0.137. The number of nitrogens with zero attached hydrogens (tertiary/aromatic N) is 4. The van der Waals surface area contributed by atoms with Crippen LogP contribution in [-0.4, -0.2) is 40.2 Å². The highest BCUT2D eigenvalue weighted by Gasteiger charge is 2.35. The van der Waals surface area contributed by atoms with E-state index in [0.717, 1.165) is 12.8 Å². The fourth-order valence-electron chi connectivity index (χ4n) is 3.19. The van der Waals surface area contributed by atoms with E-state index >= 15 is 0 Å². The van der Waals surface area contributed by atoms with Gasteiger partial charge < -0.3 is 14.1 Å². The molecule has 1 aliphatic rings. The molecule has 7 nitrogen and oxygen atoms in total. The Labute approximate surface area is 146 Å². The largest absolute Gasteiger partial charge is 0.482 e. The zero-order valence-corrected chi connectivity index (χ0v) is 14.3. The summed E-state index contributed by atoms with van der Waals surface area (Å²) in [4.78, 5) is 14.4. The highest BCUT2D eigenvalue weighted by molar-refractivity contribution is 5.78. The van der Waals surface area contributed by atoms with Gasteiger partial charge in [-0.15, -0.1) is 10.2 Å². The van der Waals surface area contributed by atoms with Crippen LogP contribution in [0, 0.1) is 18.3 Å². The SMILES string of the molecule is Cc1nnc([C@H]2CCCN(C(=O)COc3ccccc3C#N)[C@H]2C)o1. The number of nitriles is 1. The van der Waals surface area contributed by atoms with Gasteiger partial charge in [0.15, 0.2) is 6.61 Å². The zero-order chi connectivity index (χ0) is 17.8. The molecule has 0 spiro atoms. The predicted octanol–water partition coefficient (Wildman–Crippen LogP) is 2.42. The van der Waals surface area contributed by atoms with Gasteiger partial charge in [0, 0.05) is 19.5 Å². The molecule has 0 unspecified atom stereocenters. The van der Waals surface area contributed by atoms with Crippen LogP contribution in [0.3, 0.4) is 0 Å². The maximum atomic E-state index is 12.6. The molecule has 1 aliphatic heterocycles. The third-order valence-corrected chi connectivity index (χ3v) is 4.53. The Hall–Kier alpha value is -2.88. The van der Waals surface area contributed by atoms with Crippen LogP contribution in [0.5, 0.6) is 5.75 Å². The lowest BCUT2D eigenvalue weighted by Gasteiger charge is -2.37. The van der Waals surface area contributed by atoms with Crippen LogP contribution in [0.1, 0.15) is 43.0 Å². The van der Waals surface area contributed by atoms with Crippen molar-refractivity contribution in [2.24, 2.45) is 0 Å². The van der Waals surface area contributed by atoms with Crippen LogP contribution in [0.4, 0.5) is 0 Å². The van der Waals surface area contributed by atoms with E-state index in [9.17, 15) is 4.79 Å². The molecule has 7 heteroatoms. The number of hydrogen-bond donors (Lipinski definition) is 0. The first-order valence-electron chi connectivity index (χ1n) is 8.31. The van der Waals surface area contributed by atoms with Crippen molar-refractivity contribution in [1.29, 1.82) is 5.26 Å². The number of amides is 1. The molecular weight excluding hydrogens is 320 g/mol. The van der Waals surface area contributed by atoms with Gasteiger partial charge in [0.05, 0.1) is 11.5 Å². The summed E-state index contributed by atoms with van der Waals surface area (Å²) < 4.78 is 11.1. The van der Waals surface area contributed by atoms with Crippen molar-refractivity contribution in [2.45, 2.75) is 38.6 Å². The fourth-order valence-corrected chi connectivity index (χ4v) is 3.19. The minimum Gasteiger partial charge on any atom is -0.482 e. The molecule has 3 rings (SSSR count). The number of benzene rings is 1. The normalized spacial score (nSPS) is 20.1. The van der Waals surface area contributed by atoms with Gasteiger partial charge in [-0.2, -0.15) is 5.26 Å². The van der Waals surface area contributed by atoms with E-state index in [2.05, 4.69) is 16.3 Å². The van der Waals surface area contributed by atoms with E-state index in [-0.39, 0.29) is 24.5 Å². The fraction of sp³-hybridized carbons (Fsp3) is 0.444. The Balaban J connectivity index is 1.66. The number of hydrogen-bond acceptors (Lipinski definition) is 6. The summed E-state index contributed by atoms with van der Waals surface area (Å²) >= 11 is 0. The van der Waals surface area contributed by atoms with Crippen LogP contribution in [0.15, 0.2) is 28.7 Å². The van der Waals surface area contributed by atoms with Crippen molar-refractivity contribution in [2.75, 3.05) is 13.2 Å². The molecule has 0 N–H and O–H groups in total. The number of aromatic nitrogens is 2. The molecule has 25 heavy (non-hydrogen) atoms. The van der Waals surface area contributed by atoms with Gasteiger partial charge in [-0.3, -0.25) is 4.79 Å². The summed E-state index contributed by atoms with van der Waals surface area (Å²) in [6.45, 7) is 4.32. The Kier molecular flexibility index (Phi) is 4.98. The van der Waals surface area contributed by atoms with Gasteiger partial charge >= 0.3 is 0 Å². The molecule has 0 bridgehead atoms. The highest BCUT2D eigenvalue weighted by Crippen LogP contribution is 2.31. The summed E-state index contributed by atoms with van der Waals surface area (Å²) in [5.41, 5.74) is 0.418. The van der Waals surface area contributed by atoms with Gasteiger partial charge in [-0.1, -0.05) is 12.1 Å². The number of para-hydroxylation sites is 1. The molecular formula is C18H20N4O3. The average molecular weight is 340 g/mol. The van der Waals surface area contributed by atoms with E-state index in [1.165, 1.54) is 0 Å². The number of ether oxygens (including phenoxy) is 1. The minimum atomic E-state index is -0.110. The van der Waals surface area contributed by atoms with Crippen molar-refractivity contribution >= 4 is 5.91 Å². The zero-order valence-electron chi connectivity index (χ0n) is 14.3. The van der Waals surface area contributed by atoms with Crippen LogP contribution >= 0.6 is 0 Å². The van der Waals surface area contributed by atoms with Crippen molar-refractivity contribution in [3.8, 4) is 11.8 Å². The monoisotopic (exact) mass is 340 g/mol. The summed E-state index contributed by atoms with van der Waals surface area (Å²) in [5.74, 6) is 1.46. The minimum absolute atomic E-state index is 0.0327. The summed E-state index contributed by atoms with van der Waals surface area (Å²) in [7, 11) is 0. The van der Waals surface area contributed by atoms with Gasteiger partial charge in [0.1, 0.15) is 11.8 Å².